The van der Waals surface area contributed by atoms with Gasteiger partial charge in [0.2, 0.25) is 5.95 Å². The van der Waals surface area contributed by atoms with Crippen LogP contribution in [0.2, 0.25) is 0 Å². The molecule has 180 valence electrons. The van der Waals surface area contributed by atoms with E-state index < -0.39 is 0 Å². The fraction of sp³-hybridized carbons (Fsp3) is 0.280. The molecule has 0 radical (unpaired) electrons. The Morgan fingerprint density at radius 3 is 2.17 bits per heavy atom. The minimum absolute atomic E-state index is 0.269. The molecule has 0 aliphatic carbocycles. The van der Waals surface area contributed by atoms with E-state index in [9.17, 15) is 4.39 Å². The number of fused-ring (bicyclic) bond motifs is 1. The molecule has 0 amide bonds. The molecule has 1 aliphatic rings. The smallest absolute Gasteiger partial charge is 0.225 e. The summed E-state index contributed by atoms with van der Waals surface area (Å²) >= 11 is 0. The van der Waals surface area contributed by atoms with Crippen molar-refractivity contribution < 1.29 is 18.6 Å². The number of piperazine rings is 1. The van der Waals surface area contributed by atoms with E-state index in [4.69, 9.17) is 14.2 Å². The molecule has 10 heteroatoms. The summed E-state index contributed by atoms with van der Waals surface area (Å²) < 4.78 is 29.6. The highest BCUT2D eigenvalue weighted by Crippen LogP contribution is 2.35. The summed E-state index contributed by atoms with van der Waals surface area (Å²) in [6.45, 7) is 3.33. The fourth-order valence-corrected chi connectivity index (χ4v) is 4.03. The summed E-state index contributed by atoms with van der Waals surface area (Å²) in [6, 6.07) is 9.99. The first kappa shape index (κ1) is 22.6. The van der Waals surface area contributed by atoms with Crippen molar-refractivity contribution in [1.29, 1.82) is 0 Å². The Bertz CT molecular complexity index is 1300. The molecule has 2 aromatic heterocycles. The summed E-state index contributed by atoms with van der Waals surface area (Å²) in [5.74, 6) is 3.09. The van der Waals surface area contributed by atoms with Gasteiger partial charge in [-0.25, -0.2) is 24.3 Å². The van der Waals surface area contributed by atoms with Gasteiger partial charge in [-0.05, 0) is 23.8 Å². The summed E-state index contributed by atoms with van der Waals surface area (Å²) in [4.78, 5) is 22.3. The highest BCUT2D eigenvalue weighted by Gasteiger charge is 2.22. The van der Waals surface area contributed by atoms with Crippen LogP contribution in [-0.4, -0.2) is 60.3 Å². The van der Waals surface area contributed by atoms with Crippen molar-refractivity contribution in [1.82, 2.24) is 19.9 Å². The molecule has 2 aromatic carbocycles. The van der Waals surface area contributed by atoms with Crippen molar-refractivity contribution in [3.63, 3.8) is 0 Å². The van der Waals surface area contributed by atoms with Crippen LogP contribution in [0.4, 0.5) is 16.2 Å². The van der Waals surface area contributed by atoms with Crippen LogP contribution in [-0.2, 0) is 6.61 Å². The van der Waals surface area contributed by atoms with Crippen molar-refractivity contribution >= 4 is 22.7 Å². The van der Waals surface area contributed by atoms with Gasteiger partial charge >= 0.3 is 0 Å². The number of hydrogen-bond donors (Lipinski definition) is 0. The first-order chi connectivity index (χ1) is 17.1. The minimum atomic E-state index is -0.269. The van der Waals surface area contributed by atoms with Gasteiger partial charge in [0, 0.05) is 37.6 Å². The standard InChI is InChI=1S/C25H25FN6O3/c1-33-22-11-20-21(12-23(22)34-2)29-16-30-24(20)31-7-9-32(10-8-31)25-27-13-19(14-28-25)35-15-17-3-5-18(26)6-4-17/h3-6,11-14,16H,7-10,15H2,1-2H3. The average molecular weight is 477 g/mol. The largest absolute Gasteiger partial charge is 0.493 e. The molecule has 0 unspecified atom stereocenters. The molecule has 0 spiro atoms. The van der Waals surface area contributed by atoms with Gasteiger partial charge < -0.3 is 24.0 Å². The lowest BCUT2D eigenvalue weighted by Crippen LogP contribution is -2.47. The molecule has 4 aromatic rings. The predicted molar refractivity (Wildman–Crippen MR) is 130 cm³/mol. The number of nitrogens with zero attached hydrogens (tertiary/aromatic N) is 6. The van der Waals surface area contributed by atoms with E-state index in [2.05, 4.69) is 29.7 Å². The second-order valence-corrected chi connectivity index (χ2v) is 8.03. The number of methoxy groups -OCH3 is 2. The highest BCUT2D eigenvalue weighted by atomic mass is 19.1. The number of anilines is 2. The van der Waals surface area contributed by atoms with Gasteiger partial charge in [0.25, 0.3) is 0 Å². The Morgan fingerprint density at radius 1 is 0.829 bits per heavy atom. The molecular weight excluding hydrogens is 451 g/mol. The Balaban J connectivity index is 1.23. The Hall–Kier alpha value is -4.21. The van der Waals surface area contributed by atoms with Crippen LogP contribution < -0.4 is 24.0 Å². The molecule has 0 saturated carbocycles. The second-order valence-electron chi connectivity index (χ2n) is 8.03. The van der Waals surface area contributed by atoms with Crippen molar-refractivity contribution in [2.75, 3.05) is 50.2 Å². The fourth-order valence-electron chi connectivity index (χ4n) is 4.03. The molecule has 0 bridgehead atoms. The molecule has 35 heavy (non-hydrogen) atoms. The van der Waals surface area contributed by atoms with Crippen LogP contribution in [0.25, 0.3) is 10.9 Å². The van der Waals surface area contributed by atoms with Gasteiger partial charge in [0.1, 0.15) is 24.6 Å². The number of halogens is 1. The molecule has 3 heterocycles. The number of aromatic nitrogens is 4. The highest BCUT2D eigenvalue weighted by molar-refractivity contribution is 5.92. The Morgan fingerprint density at radius 2 is 1.49 bits per heavy atom. The Labute approximate surface area is 202 Å². The van der Waals surface area contributed by atoms with E-state index in [0.29, 0.717) is 29.8 Å². The number of benzene rings is 2. The zero-order chi connectivity index (χ0) is 24.2. The summed E-state index contributed by atoms with van der Waals surface area (Å²) in [6.07, 6.45) is 4.90. The quantitative estimate of drug-likeness (QED) is 0.398. The Kier molecular flexibility index (Phi) is 6.42. The molecule has 1 saturated heterocycles. The van der Waals surface area contributed by atoms with E-state index in [1.54, 1.807) is 45.1 Å². The van der Waals surface area contributed by atoms with E-state index in [1.807, 2.05) is 12.1 Å². The summed E-state index contributed by atoms with van der Waals surface area (Å²) in [5, 5.41) is 0.914. The lowest BCUT2D eigenvalue weighted by molar-refractivity contribution is 0.303. The summed E-state index contributed by atoms with van der Waals surface area (Å²) in [5.41, 5.74) is 1.68. The number of ether oxygens (including phenoxy) is 3. The third-order valence-corrected chi connectivity index (χ3v) is 5.91. The number of hydrogen-bond acceptors (Lipinski definition) is 9. The van der Waals surface area contributed by atoms with E-state index in [-0.39, 0.29) is 5.82 Å². The van der Waals surface area contributed by atoms with E-state index in [0.717, 1.165) is 48.5 Å². The molecule has 1 fully saturated rings. The molecule has 1 aliphatic heterocycles. The molecule has 0 atom stereocenters. The van der Waals surface area contributed by atoms with Gasteiger partial charge in [0.05, 0.1) is 32.1 Å². The van der Waals surface area contributed by atoms with Gasteiger partial charge in [-0.3, -0.25) is 0 Å². The van der Waals surface area contributed by atoms with Crippen LogP contribution in [0, 0.1) is 5.82 Å². The van der Waals surface area contributed by atoms with Crippen molar-refractivity contribution in [2.24, 2.45) is 0 Å². The molecule has 0 N–H and O–H groups in total. The van der Waals surface area contributed by atoms with Crippen molar-refractivity contribution in [2.45, 2.75) is 6.61 Å². The average Bonchev–Trinajstić information content (AvgIpc) is 2.92. The third-order valence-electron chi connectivity index (χ3n) is 5.91. The molecule has 9 nitrogen and oxygen atoms in total. The summed E-state index contributed by atoms with van der Waals surface area (Å²) in [7, 11) is 3.22. The topological polar surface area (TPSA) is 85.7 Å². The predicted octanol–water partition coefficient (Wildman–Crippen LogP) is 3.48. The maximum atomic E-state index is 13.0. The lowest BCUT2D eigenvalue weighted by Gasteiger charge is -2.35. The van der Waals surface area contributed by atoms with Crippen LogP contribution in [0.5, 0.6) is 17.2 Å². The first-order valence-corrected chi connectivity index (χ1v) is 11.2. The van der Waals surface area contributed by atoms with Gasteiger partial charge in [-0.1, -0.05) is 12.1 Å². The van der Waals surface area contributed by atoms with Crippen LogP contribution in [0.3, 0.4) is 0 Å². The maximum absolute atomic E-state index is 13.0. The maximum Gasteiger partial charge on any atom is 0.225 e. The van der Waals surface area contributed by atoms with Gasteiger partial charge in [0.15, 0.2) is 17.2 Å². The first-order valence-electron chi connectivity index (χ1n) is 11.2. The van der Waals surface area contributed by atoms with Crippen molar-refractivity contribution in [3.05, 3.63) is 66.5 Å². The normalized spacial score (nSPS) is 13.7. The second kappa shape index (κ2) is 9.96. The zero-order valence-corrected chi connectivity index (χ0v) is 19.5. The van der Waals surface area contributed by atoms with E-state index >= 15 is 0 Å². The van der Waals surface area contributed by atoms with Crippen molar-refractivity contribution in [3.8, 4) is 17.2 Å². The molecule has 5 rings (SSSR count). The van der Waals surface area contributed by atoms with Gasteiger partial charge in [-0.15, -0.1) is 0 Å². The SMILES string of the molecule is COc1cc2ncnc(N3CCN(c4ncc(OCc5ccc(F)cc5)cn4)CC3)c2cc1OC. The molecular formula is C25H25FN6O3. The van der Waals surface area contributed by atoms with Crippen LogP contribution >= 0.6 is 0 Å². The van der Waals surface area contributed by atoms with E-state index in [1.165, 1.54) is 12.1 Å². The van der Waals surface area contributed by atoms with Gasteiger partial charge in [-0.2, -0.15) is 0 Å². The zero-order valence-electron chi connectivity index (χ0n) is 19.5. The van der Waals surface area contributed by atoms with Crippen LogP contribution in [0.15, 0.2) is 55.1 Å². The monoisotopic (exact) mass is 476 g/mol. The minimum Gasteiger partial charge on any atom is -0.493 e. The van der Waals surface area contributed by atoms with Crippen LogP contribution in [0.1, 0.15) is 5.56 Å². The third kappa shape index (κ3) is 4.86. The lowest BCUT2D eigenvalue weighted by atomic mass is 10.2. The number of rotatable bonds is 7.